The number of benzene rings is 1. The molecule has 0 fully saturated rings. The number of aromatic amines is 1. The van der Waals surface area contributed by atoms with E-state index in [1.54, 1.807) is 0 Å². The zero-order chi connectivity index (χ0) is 11.5. The molecule has 5 heteroatoms. The highest BCUT2D eigenvalue weighted by Gasteiger charge is 2.18. The number of aromatic nitrogens is 2. The van der Waals surface area contributed by atoms with Crippen molar-refractivity contribution in [2.45, 2.75) is 12.5 Å². The summed E-state index contributed by atoms with van der Waals surface area (Å²) in [6.07, 6.45) is -0.985. The van der Waals surface area contributed by atoms with Crippen molar-refractivity contribution in [3.63, 3.8) is 0 Å². The Morgan fingerprint density at radius 1 is 1.56 bits per heavy atom. The van der Waals surface area contributed by atoms with Crippen LogP contribution in [0.25, 0.3) is 10.9 Å². The average molecular weight is 220 g/mol. The Labute approximate surface area is 92.0 Å². The second kappa shape index (κ2) is 4.32. The van der Waals surface area contributed by atoms with Crippen LogP contribution in [0.5, 0.6) is 0 Å². The van der Waals surface area contributed by atoms with Crippen LogP contribution in [0.2, 0.25) is 0 Å². The maximum atomic E-state index is 11.1. The van der Waals surface area contributed by atoms with Crippen LogP contribution in [0.4, 0.5) is 0 Å². The standard InChI is InChI=1S/C11H12N2O3/c1-16-11(15)10(14)6-9-7-4-2-3-5-8(7)12-13-9/h2-5,10,14H,6H2,1H3,(H,12,13). The molecule has 5 nitrogen and oxygen atoms in total. The lowest BCUT2D eigenvalue weighted by atomic mass is 10.1. The topological polar surface area (TPSA) is 75.2 Å². The summed E-state index contributed by atoms with van der Waals surface area (Å²) in [7, 11) is 1.25. The molecule has 2 rings (SSSR count). The summed E-state index contributed by atoms with van der Waals surface area (Å²) < 4.78 is 4.45. The number of H-pyrrole nitrogens is 1. The van der Waals surface area contributed by atoms with E-state index in [0.717, 1.165) is 16.6 Å². The number of esters is 1. The fourth-order valence-electron chi connectivity index (χ4n) is 1.58. The molecular weight excluding hydrogens is 208 g/mol. The van der Waals surface area contributed by atoms with E-state index in [4.69, 9.17) is 0 Å². The van der Waals surface area contributed by atoms with Gasteiger partial charge in [-0.05, 0) is 6.07 Å². The van der Waals surface area contributed by atoms with Crippen LogP contribution in [-0.2, 0) is 16.0 Å². The van der Waals surface area contributed by atoms with Gasteiger partial charge in [-0.3, -0.25) is 5.10 Å². The number of carbonyl (C=O) groups excluding carboxylic acids is 1. The maximum Gasteiger partial charge on any atom is 0.335 e. The number of hydrogen-bond acceptors (Lipinski definition) is 4. The van der Waals surface area contributed by atoms with Crippen molar-refractivity contribution in [2.75, 3.05) is 7.11 Å². The van der Waals surface area contributed by atoms with Crippen LogP contribution in [0.1, 0.15) is 5.69 Å². The van der Waals surface area contributed by atoms with Gasteiger partial charge in [-0.1, -0.05) is 18.2 Å². The summed E-state index contributed by atoms with van der Waals surface area (Å²) >= 11 is 0. The highest BCUT2D eigenvalue weighted by Crippen LogP contribution is 2.16. The van der Waals surface area contributed by atoms with Crippen LogP contribution in [0.15, 0.2) is 24.3 Å². The second-order valence-electron chi connectivity index (χ2n) is 3.46. The number of rotatable bonds is 3. The van der Waals surface area contributed by atoms with Crippen LogP contribution < -0.4 is 0 Å². The van der Waals surface area contributed by atoms with Gasteiger partial charge in [0, 0.05) is 17.5 Å². The predicted molar refractivity (Wildman–Crippen MR) is 57.8 cm³/mol. The number of methoxy groups -OCH3 is 1. The summed E-state index contributed by atoms with van der Waals surface area (Å²) in [5.74, 6) is -0.640. The fourth-order valence-corrected chi connectivity index (χ4v) is 1.58. The molecule has 2 aromatic rings. The number of nitrogens with zero attached hydrogens (tertiary/aromatic N) is 1. The lowest BCUT2D eigenvalue weighted by Crippen LogP contribution is -2.24. The first-order valence-corrected chi connectivity index (χ1v) is 4.90. The fraction of sp³-hybridized carbons (Fsp3) is 0.273. The van der Waals surface area contributed by atoms with Gasteiger partial charge in [0.2, 0.25) is 0 Å². The van der Waals surface area contributed by atoms with Gasteiger partial charge in [0.05, 0.1) is 12.6 Å². The summed E-state index contributed by atoms with van der Waals surface area (Å²) in [6, 6.07) is 7.51. The molecule has 0 aliphatic carbocycles. The minimum Gasteiger partial charge on any atom is -0.467 e. The van der Waals surface area contributed by atoms with E-state index in [0.29, 0.717) is 0 Å². The van der Waals surface area contributed by atoms with E-state index < -0.39 is 12.1 Å². The summed E-state index contributed by atoms with van der Waals surface area (Å²) in [4.78, 5) is 11.1. The number of carbonyl (C=O) groups is 1. The summed E-state index contributed by atoms with van der Waals surface area (Å²) in [6.45, 7) is 0. The Morgan fingerprint density at radius 2 is 2.31 bits per heavy atom. The third-order valence-corrected chi connectivity index (χ3v) is 2.41. The van der Waals surface area contributed by atoms with Crippen LogP contribution in [0, 0.1) is 0 Å². The molecule has 0 spiro atoms. The Morgan fingerprint density at radius 3 is 3.06 bits per heavy atom. The van der Waals surface area contributed by atoms with E-state index in [1.165, 1.54) is 7.11 Å². The number of fused-ring (bicyclic) bond motifs is 1. The molecule has 0 saturated carbocycles. The third kappa shape index (κ3) is 1.90. The van der Waals surface area contributed by atoms with Crippen LogP contribution in [-0.4, -0.2) is 34.5 Å². The maximum absolute atomic E-state index is 11.1. The van der Waals surface area contributed by atoms with E-state index in [2.05, 4.69) is 14.9 Å². The van der Waals surface area contributed by atoms with Gasteiger partial charge in [-0.25, -0.2) is 4.79 Å². The minimum absolute atomic E-state index is 0.174. The van der Waals surface area contributed by atoms with E-state index >= 15 is 0 Å². The number of aliphatic hydroxyl groups is 1. The predicted octanol–water partition coefficient (Wildman–Crippen LogP) is 0.639. The average Bonchev–Trinajstić information content (AvgIpc) is 2.72. The minimum atomic E-state index is -1.16. The van der Waals surface area contributed by atoms with Gasteiger partial charge in [-0.15, -0.1) is 0 Å². The number of aliphatic hydroxyl groups excluding tert-OH is 1. The van der Waals surface area contributed by atoms with Crippen molar-refractivity contribution in [3.05, 3.63) is 30.0 Å². The smallest absolute Gasteiger partial charge is 0.335 e. The SMILES string of the molecule is COC(=O)C(O)Cc1[nH]nc2ccccc12. The number of nitrogens with one attached hydrogen (secondary N) is 1. The van der Waals surface area contributed by atoms with Crippen molar-refractivity contribution in [1.82, 2.24) is 10.2 Å². The molecule has 1 heterocycles. The summed E-state index contributed by atoms with van der Waals surface area (Å²) in [5.41, 5.74) is 1.54. The molecular formula is C11H12N2O3. The molecule has 0 radical (unpaired) electrons. The number of ether oxygens (including phenoxy) is 1. The van der Waals surface area contributed by atoms with Crippen LogP contribution >= 0.6 is 0 Å². The largest absolute Gasteiger partial charge is 0.467 e. The molecule has 0 aliphatic heterocycles. The number of para-hydroxylation sites is 1. The Kier molecular flexibility index (Phi) is 2.87. The lowest BCUT2D eigenvalue weighted by molar-refractivity contribution is -0.150. The van der Waals surface area contributed by atoms with Crippen molar-refractivity contribution in [1.29, 1.82) is 0 Å². The highest BCUT2D eigenvalue weighted by molar-refractivity contribution is 5.82. The van der Waals surface area contributed by atoms with Gasteiger partial charge in [0.15, 0.2) is 6.10 Å². The van der Waals surface area contributed by atoms with Crippen molar-refractivity contribution in [2.24, 2.45) is 0 Å². The number of hydrogen-bond donors (Lipinski definition) is 2. The Hall–Kier alpha value is -1.88. The van der Waals surface area contributed by atoms with Gasteiger partial charge < -0.3 is 9.84 Å². The van der Waals surface area contributed by atoms with Gasteiger partial charge in [-0.2, -0.15) is 5.10 Å². The van der Waals surface area contributed by atoms with E-state index in [-0.39, 0.29) is 6.42 Å². The molecule has 0 aliphatic rings. The normalized spacial score (nSPS) is 12.6. The third-order valence-electron chi connectivity index (χ3n) is 2.41. The molecule has 0 bridgehead atoms. The molecule has 16 heavy (non-hydrogen) atoms. The van der Waals surface area contributed by atoms with Gasteiger partial charge >= 0.3 is 5.97 Å². The zero-order valence-corrected chi connectivity index (χ0v) is 8.80. The quantitative estimate of drug-likeness (QED) is 0.744. The molecule has 2 N–H and O–H groups in total. The van der Waals surface area contributed by atoms with E-state index in [9.17, 15) is 9.90 Å². The Bertz CT molecular complexity index is 507. The molecule has 0 amide bonds. The zero-order valence-electron chi connectivity index (χ0n) is 8.80. The van der Waals surface area contributed by atoms with Crippen molar-refractivity contribution in [3.8, 4) is 0 Å². The Balaban J connectivity index is 2.24. The molecule has 1 atom stereocenters. The summed E-state index contributed by atoms with van der Waals surface area (Å²) in [5, 5.41) is 17.3. The molecule has 1 aromatic heterocycles. The first kappa shape index (κ1) is 10.6. The molecule has 0 saturated heterocycles. The van der Waals surface area contributed by atoms with Crippen LogP contribution in [0.3, 0.4) is 0 Å². The van der Waals surface area contributed by atoms with Gasteiger partial charge in [0.25, 0.3) is 0 Å². The lowest BCUT2D eigenvalue weighted by Gasteiger charge is -2.06. The van der Waals surface area contributed by atoms with Crippen molar-refractivity contribution >= 4 is 16.9 Å². The monoisotopic (exact) mass is 220 g/mol. The highest BCUT2D eigenvalue weighted by atomic mass is 16.5. The second-order valence-corrected chi connectivity index (χ2v) is 3.46. The first-order chi connectivity index (χ1) is 7.72. The first-order valence-electron chi connectivity index (χ1n) is 4.90. The molecule has 84 valence electrons. The van der Waals surface area contributed by atoms with Crippen molar-refractivity contribution < 1.29 is 14.6 Å². The molecule has 1 aromatic carbocycles. The van der Waals surface area contributed by atoms with Gasteiger partial charge in [0.1, 0.15) is 0 Å². The van der Waals surface area contributed by atoms with E-state index in [1.807, 2.05) is 24.3 Å². The molecule has 1 unspecified atom stereocenters.